The van der Waals surface area contributed by atoms with E-state index in [0.29, 0.717) is 30.9 Å². The molecule has 30 heavy (non-hydrogen) atoms. The van der Waals surface area contributed by atoms with Crippen molar-refractivity contribution in [3.63, 3.8) is 0 Å². The highest BCUT2D eigenvalue weighted by atomic mass is 19.3. The maximum atomic E-state index is 12.8. The zero-order valence-electron chi connectivity index (χ0n) is 16.6. The Hall–Kier alpha value is -3.07. The van der Waals surface area contributed by atoms with Crippen LogP contribution in [0.3, 0.4) is 0 Å². The fourth-order valence-electron chi connectivity index (χ4n) is 3.80. The molecular formula is C21H24F2N4O3. The molecule has 0 aliphatic carbocycles. The van der Waals surface area contributed by atoms with Crippen LogP contribution in [0.5, 0.6) is 5.75 Å². The van der Waals surface area contributed by atoms with Gasteiger partial charge in [-0.15, -0.1) is 0 Å². The lowest BCUT2D eigenvalue weighted by molar-refractivity contribution is -0.130. The van der Waals surface area contributed by atoms with Crippen molar-refractivity contribution >= 4 is 17.5 Å². The monoisotopic (exact) mass is 418 g/mol. The van der Waals surface area contributed by atoms with E-state index >= 15 is 0 Å². The van der Waals surface area contributed by atoms with Gasteiger partial charge in [0.1, 0.15) is 11.2 Å². The molecule has 2 aromatic rings. The molecule has 0 radical (unpaired) electrons. The summed E-state index contributed by atoms with van der Waals surface area (Å²) in [6, 6.07) is 11.2. The predicted molar refractivity (Wildman–Crippen MR) is 107 cm³/mol. The molecule has 1 aliphatic rings. The molecule has 2 heterocycles. The number of alkyl halides is 2. The number of anilines is 1. The molecule has 2 N–H and O–H groups in total. The van der Waals surface area contributed by atoms with Crippen LogP contribution in [-0.2, 0) is 15.0 Å². The highest BCUT2D eigenvalue weighted by Crippen LogP contribution is 2.33. The quantitative estimate of drug-likeness (QED) is 0.722. The Morgan fingerprint density at radius 2 is 2.00 bits per heavy atom. The third kappa shape index (κ3) is 5.10. The first-order valence-corrected chi connectivity index (χ1v) is 9.64. The Balaban J connectivity index is 1.66. The number of halogens is 2. The third-order valence-corrected chi connectivity index (χ3v) is 5.12. The molecular weight excluding hydrogens is 394 g/mol. The second-order valence-electron chi connectivity index (χ2n) is 7.14. The predicted octanol–water partition coefficient (Wildman–Crippen LogP) is 2.40. The molecule has 0 spiro atoms. The number of carbonyl (C=O) groups excluding carboxylic acids is 2. The average molecular weight is 418 g/mol. The molecule has 1 atom stereocenters. The summed E-state index contributed by atoms with van der Waals surface area (Å²) < 4.78 is 28.8. The number of hydrogen-bond donors (Lipinski definition) is 2. The van der Waals surface area contributed by atoms with Crippen molar-refractivity contribution in [3.8, 4) is 5.75 Å². The third-order valence-electron chi connectivity index (χ3n) is 5.12. The zero-order valence-corrected chi connectivity index (χ0v) is 16.6. The number of amides is 2. The van der Waals surface area contributed by atoms with Crippen molar-refractivity contribution < 1.29 is 23.1 Å². The highest BCUT2D eigenvalue weighted by molar-refractivity contribution is 5.92. The van der Waals surface area contributed by atoms with E-state index in [1.54, 1.807) is 19.3 Å². The van der Waals surface area contributed by atoms with Crippen LogP contribution in [0.1, 0.15) is 18.5 Å². The topological polar surface area (TPSA) is 83.6 Å². The van der Waals surface area contributed by atoms with Crippen molar-refractivity contribution in [2.75, 3.05) is 32.0 Å². The van der Waals surface area contributed by atoms with Gasteiger partial charge >= 0.3 is 6.61 Å². The summed E-state index contributed by atoms with van der Waals surface area (Å²) in [5.74, 6) is -0.364. The molecule has 1 aliphatic heterocycles. The molecule has 9 heteroatoms. The van der Waals surface area contributed by atoms with Crippen LogP contribution in [0.2, 0.25) is 0 Å². The van der Waals surface area contributed by atoms with E-state index in [0.717, 1.165) is 6.42 Å². The number of aromatic nitrogens is 1. The Morgan fingerprint density at radius 1 is 1.23 bits per heavy atom. The van der Waals surface area contributed by atoms with Gasteiger partial charge in [-0.1, -0.05) is 6.07 Å². The molecule has 7 nitrogen and oxygen atoms in total. The standard InChI is InChI=1S/C21H24F2N4O3/c1-24-19(29)21(17-5-2-3-11-25-17)10-4-12-27(14-21)13-18(28)26-15-6-8-16(9-7-15)30-20(22)23/h2-3,5-9,11,20H,4,10,12-14H2,1H3,(H,24,29)(H,26,28)/t21-/m0/s1. The van der Waals surface area contributed by atoms with E-state index in [-0.39, 0.29) is 24.1 Å². The first kappa shape index (κ1) is 21.6. The fourth-order valence-corrected chi connectivity index (χ4v) is 3.80. The lowest BCUT2D eigenvalue weighted by atomic mass is 9.75. The number of piperidine rings is 1. The van der Waals surface area contributed by atoms with Gasteiger partial charge < -0.3 is 15.4 Å². The van der Waals surface area contributed by atoms with E-state index in [1.807, 2.05) is 17.0 Å². The SMILES string of the molecule is CNC(=O)[C@@]1(c2ccccn2)CCCN(CC(=O)Nc2ccc(OC(F)F)cc2)C1. The normalized spacial score (nSPS) is 19.3. The van der Waals surface area contributed by atoms with Crippen LogP contribution in [0.15, 0.2) is 48.7 Å². The summed E-state index contributed by atoms with van der Waals surface area (Å²) in [6.45, 7) is -1.75. The van der Waals surface area contributed by atoms with E-state index in [9.17, 15) is 18.4 Å². The first-order valence-electron chi connectivity index (χ1n) is 9.64. The van der Waals surface area contributed by atoms with Crippen molar-refractivity contribution in [1.82, 2.24) is 15.2 Å². The van der Waals surface area contributed by atoms with Gasteiger partial charge in [0.25, 0.3) is 0 Å². The maximum absolute atomic E-state index is 12.8. The van der Waals surface area contributed by atoms with E-state index in [4.69, 9.17) is 0 Å². The molecule has 1 saturated heterocycles. The number of pyridine rings is 1. The molecule has 160 valence electrons. The van der Waals surface area contributed by atoms with Crippen LogP contribution >= 0.6 is 0 Å². The minimum absolute atomic E-state index is 0.0183. The Kier molecular flexibility index (Phi) is 6.94. The highest BCUT2D eigenvalue weighted by Gasteiger charge is 2.44. The maximum Gasteiger partial charge on any atom is 0.387 e. The lowest BCUT2D eigenvalue weighted by Crippen LogP contribution is -2.55. The second kappa shape index (κ2) is 9.62. The number of rotatable bonds is 7. The minimum atomic E-state index is -2.90. The van der Waals surface area contributed by atoms with Gasteiger partial charge in [-0.2, -0.15) is 8.78 Å². The van der Waals surface area contributed by atoms with Gasteiger partial charge in [0.15, 0.2) is 0 Å². The number of carbonyl (C=O) groups is 2. The summed E-state index contributed by atoms with van der Waals surface area (Å²) >= 11 is 0. The summed E-state index contributed by atoms with van der Waals surface area (Å²) in [5, 5.41) is 5.48. The van der Waals surface area contributed by atoms with Gasteiger partial charge in [-0.3, -0.25) is 19.5 Å². The van der Waals surface area contributed by atoms with Crippen LogP contribution in [0.25, 0.3) is 0 Å². The summed E-state index contributed by atoms with van der Waals surface area (Å²) in [4.78, 5) is 31.6. The number of hydrogen-bond acceptors (Lipinski definition) is 5. The molecule has 1 fully saturated rings. The van der Waals surface area contributed by atoms with Crippen molar-refractivity contribution in [3.05, 3.63) is 54.4 Å². The molecule has 1 aromatic carbocycles. The molecule has 0 unspecified atom stereocenters. The number of likely N-dealkylation sites (tertiary alicyclic amines) is 1. The van der Waals surface area contributed by atoms with Gasteiger partial charge in [0, 0.05) is 25.5 Å². The molecule has 0 bridgehead atoms. The van der Waals surface area contributed by atoms with Gasteiger partial charge in [0.2, 0.25) is 11.8 Å². The van der Waals surface area contributed by atoms with Crippen LogP contribution in [0, 0.1) is 0 Å². The molecule has 0 saturated carbocycles. The first-order chi connectivity index (χ1) is 14.4. The fraction of sp³-hybridized carbons (Fsp3) is 0.381. The smallest absolute Gasteiger partial charge is 0.387 e. The number of nitrogens with one attached hydrogen (secondary N) is 2. The second-order valence-corrected chi connectivity index (χ2v) is 7.14. The number of likely N-dealkylation sites (N-methyl/N-ethyl adjacent to an activating group) is 1. The molecule has 2 amide bonds. The van der Waals surface area contributed by atoms with E-state index < -0.39 is 12.0 Å². The van der Waals surface area contributed by atoms with Crippen LogP contribution < -0.4 is 15.4 Å². The van der Waals surface area contributed by atoms with Crippen molar-refractivity contribution in [2.24, 2.45) is 0 Å². The van der Waals surface area contributed by atoms with Gasteiger partial charge in [-0.25, -0.2) is 0 Å². The summed E-state index contributed by atoms with van der Waals surface area (Å²) in [7, 11) is 1.60. The van der Waals surface area contributed by atoms with Crippen molar-refractivity contribution in [2.45, 2.75) is 24.9 Å². The summed E-state index contributed by atoms with van der Waals surface area (Å²) in [6.07, 6.45) is 3.05. The Labute approximate surface area is 173 Å². The Bertz CT molecular complexity index is 864. The largest absolute Gasteiger partial charge is 0.435 e. The Morgan fingerprint density at radius 3 is 2.63 bits per heavy atom. The van der Waals surface area contributed by atoms with E-state index in [1.165, 1.54) is 24.3 Å². The van der Waals surface area contributed by atoms with Crippen LogP contribution in [0.4, 0.5) is 14.5 Å². The summed E-state index contributed by atoms with van der Waals surface area (Å²) in [5.41, 5.74) is 0.341. The zero-order chi connectivity index (χ0) is 21.6. The van der Waals surface area contributed by atoms with Gasteiger partial charge in [-0.05, 0) is 55.8 Å². The van der Waals surface area contributed by atoms with Crippen molar-refractivity contribution in [1.29, 1.82) is 0 Å². The number of benzene rings is 1. The molecule has 3 rings (SSSR count). The number of nitrogens with zero attached hydrogens (tertiary/aromatic N) is 2. The lowest BCUT2D eigenvalue weighted by Gasteiger charge is -2.40. The van der Waals surface area contributed by atoms with Gasteiger partial charge in [0.05, 0.1) is 12.2 Å². The molecule has 1 aromatic heterocycles. The number of ether oxygens (including phenoxy) is 1. The van der Waals surface area contributed by atoms with Crippen LogP contribution in [-0.4, -0.2) is 55.0 Å². The average Bonchev–Trinajstić information content (AvgIpc) is 2.75. The minimum Gasteiger partial charge on any atom is -0.435 e. The van der Waals surface area contributed by atoms with E-state index in [2.05, 4.69) is 20.4 Å².